The van der Waals surface area contributed by atoms with Crippen LogP contribution in [0.3, 0.4) is 0 Å². The highest BCUT2D eigenvalue weighted by Gasteiger charge is 2.26. The van der Waals surface area contributed by atoms with Crippen LogP contribution in [0.15, 0.2) is 23.2 Å². The Morgan fingerprint density at radius 1 is 1.15 bits per heavy atom. The molecular formula is C30H46N4O5. The average Bonchev–Trinajstić information content (AvgIpc) is 2.89. The highest BCUT2D eigenvalue weighted by molar-refractivity contribution is 6.00. The Morgan fingerprint density at radius 2 is 1.87 bits per heavy atom. The van der Waals surface area contributed by atoms with E-state index >= 15 is 0 Å². The van der Waals surface area contributed by atoms with E-state index in [1.54, 1.807) is 18.7 Å². The third kappa shape index (κ3) is 9.55. The fourth-order valence-corrected chi connectivity index (χ4v) is 4.61. The molecule has 1 aliphatic heterocycles. The summed E-state index contributed by atoms with van der Waals surface area (Å²) in [5.41, 5.74) is 1.45. The summed E-state index contributed by atoms with van der Waals surface area (Å²) in [5.74, 6) is 0.415. The molecular weight excluding hydrogens is 496 g/mol. The van der Waals surface area contributed by atoms with Crippen LogP contribution in [-0.4, -0.2) is 66.4 Å². The molecule has 2 amide bonds. The third-order valence-corrected chi connectivity index (χ3v) is 7.00. The van der Waals surface area contributed by atoms with Gasteiger partial charge in [-0.1, -0.05) is 53.9 Å². The fraction of sp³-hybridized carbons (Fsp3) is 0.667. The second-order valence-corrected chi connectivity index (χ2v) is 12.2. The molecule has 1 heterocycles. The molecule has 0 atom stereocenters. The monoisotopic (exact) mass is 542 g/mol. The second kappa shape index (κ2) is 13.8. The molecule has 1 aliphatic carbocycles. The molecule has 3 rings (SSSR count). The highest BCUT2D eigenvalue weighted by Crippen LogP contribution is 2.30. The molecule has 0 saturated heterocycles. The summed E-state index contributed by atoms with van der Waals surface area (Å²) in [4.78, 5) is 45.9. The zero-order chi connectivity index (χ0) is 28.6. The minimum Gasteiger partial charge on any atom is -0.494 e. The van der Waals surface area contributed by atoms with Crippen LogP contribution < -0.4 is 10.1 Å². The summed E-state index contributed by atoms with van der Waals surface area (Å²) in [6, 6.07) is 5.97. The SMILES string of the molecule is CC(C)C(=O)NC1=Nc2ccc(OCCCC(=O)N(C)C3CCCCC3)cc2CN1CC(=O)OCC(C)(C)C. The molecule has 0 spiro atoms. The summed E-state index contributed by atoms with van der Waals surface area (Å²) >= 11 is 0. The molecule has 1 aromatic carbocycles. The van der Waals surface area contributed by atoms with Gasteiger partial charge in [0.05, 0.1) is 18.9 Å². The van der Waals surface area contributed by atoms with E-state index in [-0.39, 0.29) is 35.7 Å². The Labute approximate surface area is 233 Å². The van der Waals surface area contributed by atoms with Crippen LogP contribution in [0.2, 0.25) is 0 Å². The van der Waals surface area contributed by atoms with Crippen molar-refractivity contribution in [3.63, 3.8) is 0 Å². The first-order valence-electron chi connectivity index (χ1n) is 14.2. The molecule has 0 aromatic heterocycles. The molecule has 1 saturated carbocycles. The van der Waals surface area contributed by atoms with Gasteiger partial charge in [0.15, 0.2) is 0 Å². The number of nitrogens with zero attached hydrogens (tertiary/aromatic N) is 3. The predicted octanol–water partition coefficient (Wildman–Crippen LogP) is 4.80. The van der Waals surface area contributed by atoms with Crippen LogP contribution in [0.1, 0.15) is 85.1 Å². The van der Waals surface area contributed by atoms with Crippen molar-refractivity contribution in [1.82, 2.24) is 15.1 Å². The Morgan fingerprint density at radius 3 is 2.54 bits per heavy atom. The molecule has 0 radical (unpaired) electrons. The minimum absolute atomic E-state index is 0.0333. The van der Waals surface area contributed by atoms with Crippen molar-refractivity contribution < 1.29 is 23.9 Å². The van der Waals surface area contributed by atoms with Crippen LogP contribution in [-0.2, 0) is 25.7 Å². The van der Waals surface area contributed by atoms with Crippen molar-refractivity contribution >= 4 is 29.4 Å². The Bertz CT molecular complexity index is 1040. The van der Waals surface area contributed by atoms with Gasteiger partial charge in [0.2, 0.25) is 17.8 Å². The van der Waals surface area contributed by atoms with Crippen molar-refractivity contribution in [2.24, 2.45) is 16.3 Å². The Kier molecular flexibility index (Phi) is 10.8. The Hall–Kier alpha value is -3.10. The average molecular weight is 543 g/mol. The molecule has 0 unspecified atom stereocenters. The van der Waals surface area contributed by atoms with Crippen molar-refractivity contribution in [1.29, 1.82) is 0 Å². The normalized spacial score (nSPS) is 15.9. The Balaban J connectivity index is 1.60. The van der Waals surface area contributed by atoms with Gasteiger partial charge in [0.25, 0.3) is 0 Å². The lowest BCUT2D eigenvalue weighted by atomic mass is 9.94. The van der Waals surface area contributed by atoms with Crippen LogP contribution >= 0.6 is 0 Å². The van der Waals surface area contributed by atoms with E-state index in [2.05, 4.69) is 10.3 Å². The second-order valence-electron chi connectivity index (χ2n) is 12.2. The predicted molar refractivity (Wildman–Crippen MR) is 152 cm³/mol. The molecule has 9 nitrogen and oxygen atoms in total. The number of carbonyl (C=O) groups excluding carboxylic acids is 3. The van der Waals surface area contributed by atoms with E-state index in [4.69, 9.17) is 9.47 Å². The highest BCUT2D eigenvalue weighted by atomic mass is 16.5. The largest absolute Gasteiger partial charge is 0.494 e. The molecule has 1 aromatic rings. The number of nitrogens with one attached hydrogen (secondary N) is 1. The first-order chi connectivity index (χ1) is 18.4. The zero-order valence-corrected chi connectivity index (χ0v) is 24.5. The van der Waals surface area contributed by atoms with E-state index in [1.165, 1.54) is 19.3 Å². The van der Waals surface area contributed by atoms with Crippen molar-refractivity contribution in [2.45, 2.75) is 92.2 Å². The summed E-state index contributed by atoms with van der Waals surface area (Å²) in [7, 11) is 1.92. The van der Waals surface area contributed by atoms with Crippen LogP contribution in [0.25, 0.3) is 0 Å². The third-order valence-electron chi connectivity index (χ3n) is 7.00. The molecule has 0 bridgehead atoms. The van der Waals surface area contributed by atoms with Crippen LogP contribution in [0, 0.1) is 11.3 Å². The molecule has 216 valence electrons. The van der Waals surface area contributed by atoms with Crippen molar-refractivity contribution in [2.75, 3.05) is 26.8 Å². The molecule has 1 fully saturated rings. The number of hydrogen-bond donors (Lipinski definition) is 1. The van der Waals surface area contributed by atoms with Gasteiger partial charge in [0.1, 0.15) is 12.3 Å². The summed E-state index contributed by atoms with van der Waals surface area (Å²) in [5, 5.41) is 2.85. The van der Waals surface area contributed by atoms with Gasteiger partial charge in [-0.25, -0.2) is 4.99 Å². The van der Waals surface area contributed by atoms with Crippen molar-refractivity contribution in [3.05, 3.63) is 23.8 Å². The van der Waals surface area contributed by atoms with Crippen molar-refractivity contribution in [3.8, 4) is 5.75 Å². The topological polar surface area (TPSA) is 101 Å². The number of rotatable bonds is 10. The van der Waals surface area contributed by atoms with E-state index in [0.29, 0.717) is 56.0 Å². The van der Waals surface area contributed by atoms with Gasteiger partial charge in [0, 0.05) is 37.5 Å². The number of ether oxygens (including phenoxy) is 2. The van der Waals surface area contributed by atoms with E-state index < -0.39 is 0 Å². The number of amides is 2. The fourth-order valence-electron chi connectivity index (χ4n) is 4.61. The van der Waals surface area contributed by atoms with Gasteiger partial charge >= 0.3 is 5.97 Å². The number of esters is 1. The smallest absolute Gasteiger partial charge is 0.325 e. The first-order valence-corrected chi connectivity index (χ1v) is 14.2. The van der Waals surface area contributed by atoms with Gasteiger partial charge in [-0.05, 0) is 42.9 Å². The van der Waals surface area contributed by atoms with E-state index in [1.807, 2.05) is 50.9 Å². The zero-order valence-electron chi connectivity index (χ0n) is 24.5. The van der Waals surface area contributed by atoms with Gasteiger partial charge in [-0.15, -0.1) is 0 Å². The van der Waals surface area contributed by atoms with Crippen LogP contribution in [0.4, 0.5) is 5.69 Å². The summed E-state index contributed by atoms with van der Waals surface area (Å²) in [6.45, 7) is 10.7. The number of carbonyl (C=O) groups is 3. The standard InChI is InChI=1S/C30H46N4O5/c1-21(2)28(37)32-29-31-25-15-14-24(17-22(25)18-34(29)19-27(36)39-20-30(3,4)5)38-16-10-13-26(35)33(6)23-11-8-7-9-12-23/h14-15,17,21,23H,7-13,16,18-20H2,1-6H3,(H,31,32,37). The lowest BCUT2D eigenvalue weighted by molar-refractivity contribution is -0.147. The first kappa shape index (κ1) is 30.4. The maximum Gasteiger partial charge on any atom is 0.325 e. The van der Waals surface area contributed by atoms with Crippen LogP contribution in [0.5, 0.6) is 5.75 Å². The quantitative estimate of drug-likeness (QED) is 0.337. The number of aliphatic imine (C=N–C) groups is 1. The summed E-state index contributed by atoms with van der Waals surface area (Å²) < 4.78 is 11.4. The molecule has 1 N–H and O–H groups in total. The summed E-state index contributed by atoms with van der Waals surface area (Å²) in [6.07, 6.45) is 6.98. The molecule has 9 heteroatoms. The molecule has 2 aliphatic rings. The lowest BCUT2D eigenvalue weighted by Gasteiger charge is -2.31. The number of benzene rings is 1. The number of fused-ring (bicyclic) bond motifs is 1. The maximum atomic E-state index is 12.6. The van der Waals surface area contributed by atoms with Gasteiger partial charge in [-0.2, -0.15) is 0 Å². The maximum absolute atomic E-state index is 12.6. The van der Waals surface area contributed by atoms with E-state index in [9.17, 15) is 14.4 Å². The number of guanidine groups is 1. The van der Waals surface area contributed by atoms with E-state index in [0.717, 1.165) is 18.4 Å². The number of hydrogen-bond acceptors (Lipinski definition) is 7. The van der Waals surface area contributed by atoms with Gasteiger partial charge in [-0.3, -0.25) is 19.7 Å². The molecule has 39 heavy (non-hydrogen) atoms. The minimum atomic E-state index is -0.380. The lowest BCUT2D eigenvalue weighted by Crippen LogP contribution is -2.48. The van der Waals surface area contributed by atoms with Gasteiger partial charge < -0.3 is 19.3 Å².